The van der Waals surface area contributed by atoms with Crippen LogP contribution in [-0.4, -0.2) is 92.7 Å². The highest BCUT2D eigenvalue weighted by atomic mass is 19.4. The van der Waals surface area contributed by atoms with Gasteiger partial charge in [-0.15, -0.1) is 0 Å². The third kappa shape index (κ3) is 14.5. The van der Waals surface area contributed by atoms with Gasteiger partial charge in [-0.25, -0.2) is 18.8 Å². The average molecular weight is 653 g/mol. The van der Waals surface area contributed by atoms with Crippen molar-refractivity contribution in [1.29, 1.82) is 0 Å². The number of carboxylic acid groups (broad SMARTS) is 3. The van der Waals surface area contributed by atoms with Crippen LogP contribution < -0.4 is 0 Å². The minimum absolute atomic E-state index is 0.136. The van der Waals surface area contributed by atoms with Gasteiger partial charge in [0.2, 0.25) is 0 Å². The molecule has 2 aliphatic heterocycles. The van der Waals surface area contributed by atoms with Crippen LogP contribution in [0.1, 0.15) is 11.3 Å². The number of hydrogen-bond donors (Lipinski definition) is 3. The maximum absolute atomic E-state index is 13.3. The van der Waals surface area contributed by atoms with Crippen LogP contribution in [0.5, 0.6) is 0 Å². The SMILES string of the molecule is Fc1cccc(CN2CC3CN(Cc4ccccn4)CC3C2)c1.O=C(O)C(F)(F)F.O=C(O)C(F)(F)F.O=C(O)C(F)(F)F. The number of halogens is 10. The van der Waals surface area contributed by atoms with E-state index >= 15 is 0 Å². The highest BCUT2D eigenvalue weighted by Crippen LogP contribution is 2.32. The summed E-state index contributed by atoms with van der Waals surface area (Å²) in [6.45, 7) is 6.38. The first kappa shape index (κ1) is 38.0. The Hall–Kier alpha value is -4.00. The maximum atomic E-state index is 13.3. The first-order chi connectivity index (χ1) is 20.1. The Kier molecular flexibility index (Phi) is 14.0. The number of fused-ring (bicyclic) bond motifs is 1. The molecule has 9 nitrogen and oxygen atoms in total. The van der Waals surface area contributed by atoms with Crippen molar-refractivity contribution >= 4 is 17.9 Å². The standard InChI is InChI=1S/C19H22FN3.3C2HF3O2/c20-18-5-3-4-15(8-18)9-22-10-16-12-23(13-17(16)11-22)14-19-6-1-2-7-21-19;3*3-2(4,5)1(6)7/h1-8,16-17H,9-14H2;3*(H,6,7). The lowest BCUT2D eigenvalue weighted by atomic mass is 10.0. The van der Waals surface area contributed by atoms with E-state index in [0.29, 0.717) is 0 Å². The molecule has 0 amide bonds. The maximum Gasteiger partial charge on any atom is 0.490 e. The van der Waals surface area contributed by atoms with E-state index in [0.717, 1.165) is 62.4 Å². The summed E-state index contributed by atoms with van der Waals surface area (Å²) < 4.78 is 109. The van der Waals surface area contributed by atoms with E-state index < -0.39 is 36.4 Å². The summed E-state index contributed by atoms with van der Waals surface area (Å²) >= 11 is 0. The molecular weight excluding hydrogens is 628 g/mol. The molecule has 3 N–H and O–H groups in total. The Labute approximate surface area is 242 Å². The number of carbonyl (C=O) groups is 3. The molecule has 2 aromatic rings. The van der Waals surface area contributed by atoms with Gasteiger partial charge >= 0.3 is 36.4 Å². The smallest absolute Gasteiger partial charge is 0.475 e. The van der Waals surface area contributed by atoms with Gasteiger partial charge in [0.25, 0.3) is 0 Å². The zero-order chi connectivity index (χ0) is 33.9. The molecule has 1 aromatic carbocycles. The number of carboxylic acids is 3. The number of aliphatic carboxylic acids is 3. The van der Waals surface area contributed by atoms with Gasteiger partial charge in [0.05, 0.1) is 5.69 Å². The molecule has 1 aromatic heterocycles. The van der Waals surface area contributed by atoms with Crippen LogP contribution in [0.3, 0.4) is 0 Å². The second-order valence-electron chi connectivity index (χ2n) is 9.27. The van der Waals surface area contributed by atoms with Gasteiger partial charge in [-0.3, -0.25) is 14.8 Å². The van der Waals surface area contributed by atoms with Gasteiger partial charge in [0, 0.05) is 45.5 Å². The van der Waals surface area contributed by atoms with Crippen molar-refractivity contribution < 1.29 is 73.6 Å². The van der Waals surface area contributed by atoms with Crippen LogP contribution in [0.4, 0.5) is 43.9 Å². The van der Waals surface area contributed by atoms with E-state index in [2.05, 4.69) is 26.9 Å². The van der Waals surface area contributed by atoms with Gasteiger partial charge in [-0.1, -0.05) is 18.2 Å². The predicted octanol–water partition coefficient (Wildman–Crippen LogP) is 4.68. The number of pyridine rings is 1. The van der Waals surface area contributed by atoms with Crippen molar-refractivity contribution in [3.8, 4) is 0 Å². The lowest BCUT2D eigenvalue weighted by Gasteiger charge is -2.21. The molecule has 0 bridgehead atoms. The highest BCUT2D eigenvalue weighted by Gasteiger charge is 2.40. The molecule has 2 aliphatic rings. The molecule has 2 unspecified atom stereocenters. The van der Waals surface area contributed by atoms with Gasteiger partial charge in [-0.05, 0) is 41.7 Å². The highest BCUT2D eigenvalue weighted by molar-refractivity contribution is 5.73. The molecule has 0 spiro atoms. The van der Waals surface area contributed by atoms with E-state index in [1.165, 1.54) is 6.07 Å². The van der Waals surface area contributed by atoms with Crippen molar-refractivity contribution in [3.05, 3.63) is 65.7 Å². The summed E-state index contributed by atoms with van der Waals surface area (Å²) in [6, 6.07) is 13.1. The number of benzene rings is 1. The summed E-state index contributed by atoms with van der Waals surface area (Å²) in [7, 11) is 0. The number of aromatic nitrogens is 1. The zero-order valence-electron chi connectivity index (χ0n) is 22.2. The van der Waals surface area contributed by atoms with Crippen LogP contribution >= 0.6 is 0 Å². The summed E-state index contributed by atoms with van der Waals surface area (Å²) in [5.41, 5.74) is 2.24. The van der Waals surface area contributed by atoms with Gasteiger partial charge in [0.15, 0.2) is 0 Å². The van der Waals surface area contributed by atoms with Crippen LogP contribution in [0.25, 0.3) is 0 Å². The van der Waals surface area contributed by atoms with Crippen LogP contribution in [0.15, 0.2) is 48.7 Å². The largest absolute Gasteiger partial charge is 0.490 e. The van der Waals surface area contributed by atoms with Crippen LogP contribution in [-0.2, 0) is 27.5 Å². The fraction of sp³-hybridized carbons (Fsp3) is 0.440. The first-order valence-electron chi connectivity index (χ1n) is 12.1. The van der Waals surface area contributed by atoms with Crippen molar-refractivity contribution in [2.45, 2.75) is 31.6 Å². The zero-order valence-corrected chi connectivity index (χ0v) is 22.2. The number of rotatable bonds is 4. The molecule has 44 heavy (non-hydrogen) atoms. The van der Waals surface area contributed by atoms with Crippen molar-refractivity contribution in [3.63, 3.8) is 0 Å². The molecule has 0 aliphatic carbocycles. The Morgan fingerprint density at radius 3 is 1.43 bits per heavy atom. The summed E-state index contributed by atoms with van der Waals surface area (Å²) in [6.07, 6.45) is -13.4. The Morgan fingerprint density at radius 2 is 1.09 bits per heavy atom. The predicted molar refractivity (Wildman–Crippen MR) is 129 cm³/mol. The molecule has 246 valence electrons. The quantitative estimate of drug-likeness (QED) is 0.403. The third-order valence-electron chi connectivity index (χ3n) is 5.77. The number of nitrogens with zero attached hydrogens (tertiary/aromatic N) is 3. The molecule has 2 atom stereocenters. The number of alkyl halides is 9. The summed E-state index contributed by atoms with van der Waals surface area (Å²) in [5, 5.41) is 21.4. The third-order valence-corrected chi connectivity index (χ3v) is 5.77. The number of hydrogen-bond acceptors (Lipinski definition) is 6. The van der Waals surface area contributed by atoms with Crippen LogP contribution in [0.2, 0.25) is 0 Å². The molecule has 2 fully saturated rings. The Balaban J connectivity index is 0.000000379. The minimum atomic E-state index is -5.08. The van der Waals surface area contributed by atoms with Crippen molar-refractivity contribution in [2.75, 3.05) is 26.2 Å². The fourth-order valence-electron chi connectivity index (χ4n) is 4.06. The Morgan fingerprint density at radius 1 is 0.682 bits per heavy atom. The first-order valence-corrected chi connectivity index (χ1v) is 12.1. The van der Waals surface area contributed by atoms with Gasteiger partial charge in [-0.2, -0.15) is 39.5 Å². The van der Waals surface area contributed by atoms with Crippen molar-refractivity contribution in [1.82, 2.24) is 14.8 Å². The summed E-state index contributed by atoms with van der Waals surface area (Å²) in [4.78, 5) is 36.1. The molecule has 3 heterocycles. The van der Waals surface area contributed by atoms with Gasteiger partial charge in [0.1, 0.15) is 5.82 Å². The molecule has 0 radical (unpaired) electrons. The number of likely N-dealkylation sites (tertiary alicyclic amines) is 2. The fourth-order valence-corrected chi connectivity index (χ4v) is 4.06. The normalized spacial score (nSPS) is 18.4. The van der Waals surface area contributed by atoms with Gasteiger partial charge < -0.3 is 15.3 Å². The van der Waals surface area contributed by atoms with E-state index in [1.54, 1.807) is 12.1 Å². The monoisotopic (exact) mass is 653 g/mol. The minimum Gasteiger partial charge on any atom is -0.475 e. The van der Waals surface area contributed by atoms with Crippen molar-refractivity contribution in [2.24, 2.45) is 11.8 Å². The van der Waals surface area contributed by atoms with E-state index in [9.17, 15) is 43.9 Å². The second-order valence-corrected chi connectivity index (χ2v) is 9.27. The topological polar surface area (TPSA) is 131 Å². The van der Waals surface area contributed by atoms with E-state index in [1.807, 2.05) is 18.3 Å². The Bertz CT molecular complexity index is 1150. The summed E-state index contributed by atoms with van der Waals surface area (Å²) in [5.74, 6) is -6.92. The van der Waals surface area contributed by atoms with Crippen LogP contribution in [0, 0.1) is 17.7 Å². The van der Waals surface area contributed by atoms with E-state index in [4.69, 9.17) is 29.7 Å². The molecule has 0 saturated carbocycles. The lowest BCUT2D eigenvalue weighted by Crippen LogP contribution is -2.28. The van der Waals surface area contributed by atoms with E-state index in [-0.39, 0.29) is 5.82 Å². The molecule has 2 saturated heterocycles. The molecule has 4 rings (SSSR count). The lowest BCUT2D eigenvalue weighted by molar-refractivity contribution is -0.193. The second kappa shape index (κ2) is 16.2. The molecular formula is C25H25F10N3O6. The molecule has 19 heteroatoms. The average Bonchev–Trinajstić information content (AvgIpc) is 3.42.